The predicted octanol–water partition coefficient (Wildman–Crippen LogP) is 4.47. The van der Waals surface area contributed by atoms with Crippen LogP contribution in [-0.2, 0) is 11.3 Å². The SMILES string of the molecule is COc1ccc(CNC(=O)[C@H]2CCCN(c3nc4c(s3)c(C)nn4-c3cccc(F)c3)C2)cc1. The molecule has 176 valence electrons. The van der Waals surface area contributed by atoms with E-state index in [1.54, 1.807) is 29.2 Å². The molecule has 0 radical (unpaired) electrons. The number of rotatable bonds is 6. The summed E-state index contributed by atoms with van der Waals surface area (Å²) in [6.07, 6.45) is 1.78. The fourth-order valence-electron chi connectivity index (χ4n) is 4.29. The number of benzene rings is 2. The number of nitrogens with one attached hydrogen (secondary N) is 1. The van der Waals surface area contributed by atoms with Gasteiger partial charge in [0.05, 0.1) is 29.1 Å². The molecule has 0 unspecified atom stereocenters. The third-order valence-corrected chi connectivity index (χ3v) is 7.33. The van der Waals surface area contributed by atoms with Gasteiger partial charge >= 0.3 is 0 Å². The molecule has 0 aliphatic carbocycles. The molecular weight excluding hydrogens is 453 g/mol. The summed E-state index contributed by atoms with van der Waals surface area (Å²) in [6.45, 7) is 3.90. The largest absolute Gasteiger partial charge is 0.497 e. The van der Waals surface area contributed by atoms with E-state index in [0.717, 1.165) is 46.2 Å². The molecule has 34 heavy (non-hydrogen) atoms. The Bertz CT molecular complexity index is 1320. The summed E-state index contributed by atoms with van der Waals surface area (Å²) in [7, 11) is 1.63. The van der Waals surface area contributed by atoms with E-state index in [-0.39, 0.29) is 17.6 Å². The third kappa shape index (κ3) is 4.48. The summed E-state index contributed by atoms with van der Waals surface area (Å²) in [5.74, 6) is 0.446. The van der Waals surface area contributed by atoms with Crippen LogP contribution in [0.1, 0.15) is 24.1 Å². The minimum atomic E-state index is -0.311. The van der Waals surface area contributed by atoms with Gasteiger partial charge in [-0.15, -0.1) is 0 Å². The van der Waals surface area contributed by atoms with Gasteiger partial charge in [0.2, 0.25) is 5.91 Å². The van der Waals surface area contributed by atoms with Gasteiger partial charge < -0.3 is 15.0 Å². The van der Waals surface area contributed by atoms with Gasteiger partial charge in [-0.2, -0.15) is 10.1 Å². The second-order valence-corrected chi connectivity index (χ2v) is 9.45. The first-order chi connectivity index (χ1) is 16.5. The molecule has 1 amide bonds. The van der Waals surface area contributed by atoms with Crippen LogP contribution in [0.2, 0.25) is 0 Å². The van der Waals surface area contributed by atoms with Crippen molar-refractivity contribution < 1.29 is 13.9 Å². The van der Waals surface area contributed by atoms with Crippen molar-refractivity contribution in [3.05, 3.63) is 65.6 Å². The molecule has 1 saturated heterocycles. The number of fused-ring (bicyclic) bond motifs is 1. The van der Waals surface area contributed by atoms with E-state index in [1.165, 1.54) is 12.1 Å². The summed E-state index contributed by atoms with van der Waals surface area (Å²) in [5.41, 5.74) is 3.25. The maximum absolute atomic E-state index is 13.8. The Balaban J connectivity index is 1.29. The van der Waals surface area contributed by atoms with E-state index in [2.05, 4.69) is 15.3 Å². The summed E-state index contributed by atoms with van der Waals surface area (Å²) in [5, 5.41) is 8.50. The minimum Gasteiger partial charge on any atom is -0.497 e. The van der Waals surface area contributed by atoms with Crippen molar-refractivity contribution in [2.45, 2.75) is 26.3 Å². The Morgan fingerprint density at radius 1 is 1.26 bits per heavy atom. The van der Waals surface area contributed by atoms with Crippen LogP contribution in [0, 0.1) is 18.7 Å². The highest BCUT2D eigenvalue weighted by Gasteiger charge is 2.28. The Morgan fingerprint density at radius 3 is 2.85 bits per heavy atom. The van der Waals surface area contributed by atoms with E-state index < -0.39 is 0 Å². The number of anilines is 1. The smallest absolute Gasteiger partial charge is 0.225 e. The summed E-state index contributed by atoms with van der Waals surface area (Å²) in [4.78, 5) is 19.9. The van der Waals surface area contributed by atoms with Crippen LogP contribution >= 0.6 is 11.3 Å². The van der Waals surface area contributed by atoms with Gasteiger partial charge in [-0.3, -0.25) is 4.79 Å². The topological polar surface area (TPSA) is 72.3 Å². The van der Waals surface area contributed by atoms with Gasteiger partial charge in [0.25, 0.3) is 0 Å². The monoisotopic (exact) mass is 479 g/mol. The van der Waals surface area contributed by atoms with E-state index in [1.807, 2.05) is 37.3 Å². The zero-order valence-corrected chi connectivity index (χ0v) is 19.9. The molecule has 0 saturated carbocycles. The number of methoxy groups -OCH3 is 1. The van der Waals surface area contributed by atoms with Crippen molar-refractivity contribution in [1.29, 1.82) is 0 Å². The van der Waals surface area contributed by atoms with E-state index >= 15 is 0 Å². The Hall–Kier alpha value is -3.46. The van der Waals surface area contributed by atoms with Crippen LogP contribution in [0.15, 0.2) is 48.5 Å². The Morgan fingerprint density at radius 2 is 2.09 bits per heavy atom. The van der Waals surface area contributed by atoms with Crippen LogP contribution in [0.25, 0.3) is 16.0 Å². The maximum atomic E-state index is 13.8. The van der Waals surface area contributed by atoms with Crippen LogP contribution < -0.4 is 15.0 Å². The number of amides is 1. The molecular formula is C25H26FN5O2S. The van der Waals surface area contributed by atoms with Crippen molar-refractivity contribution in [2.75, 3.05) is 25.1 Å². The van der Waals surface area contributed by atoms with Gasteiger partial charge in [0.15, 0.2) is 10.8 Å². The predicted molar refractivity (Wildman–Crippen MR) is 131 cm³/mol. The summed E-state index contributed by atoms with van der Waals surface area (Å²) < 4.78 is 21.6. The van der Waals surface area contributed by atoms with Crippen LogP contribution in [0.4, 0.5) is 9.52 Å². The number of aromatic nitrogens is 3. The molecule has 0 spiro atoms. The van der Waals surface area contributed by atoms with Gasteiger partial charge in [-0.25, -0.2) is 9.07 Å². The number of thiazole rings is 1. The van der Waals surface area contributed by atoms with Gasteiger partial charge in [-0.05, 0) is 55.7 Å². The molecule has 1 aliphatic rings. The number of carbonyl (C=O) groups excluding carboxylic acids is 1. The molecule has 1 atom stereocenters. The molecule has 1 aliphatic heterocycles. The Labute approximate surface area is 201 Å². The molecule has 2 aromatic carbocycles. The van der Waals surface area contributed by atoms with Gasteiger partial charge in [0, 0.05) is 19.6 Å². The first-order valence-corrected chi connectivity index (χ1v) is 12.1. The average molecular weight is 480 g/mol. The zero-order valence-electron chi connectivity index (χ0n) is 19.1. The number of nitrogens with zero attached hydrogens (tertiary/aromatic N) is 4. The highest BCUT2D eigenvalue weighted by Crippen LogP contribution is 2.34. The standard InChI is InChI=1S/C25H26FN5O2S/c1-16-22-23(31(29-16)20-7-3-6-19(26)13-20)28-25(34-22)30-12-4-5-18(15-30)24(32)27-14-17-8-10-21(33-2)11-9-17/h3,6-11,13,18H,4-5,12,14-15H2,1-2H3,(H,27,32)/t18-/m0/s1. The Kier molecular flexibility index (Phi) is 6.19. The van der Waals surface area contributed by atoms with Gasteiger partial charge in [-0.1, -0.05) is 29.5 Å². The number of hydrogen-bond acceptors (Lipinski definition) is 6. The number of hydrogen-bond donors (Lipinski definition) is 1. The number of carbonyl (C=O) groups is 1. The average Bonchev–Trinajstić information content (AvgIpc) is 3.43. The lowest BCUT2D eigenvalue weighted by Crippen LogP contribution is -2.43. The van der Waals surface area contributed by atoms with Crippen LogP contribution in [-0.4, -0.2) is 40.9 Å². The molecule has 5 rings (SSSR count). The third-order valence-electron chi connectivity index (χ3n) is 6.12. The lowest BCUT2D eigenvalue weighted by molar-refractivity contribution is -0.125. The molecule has 2 aromatic heterocycles. The number of halogens is 1. The molecule has 4 aromatic rings. The minimum absolute atomic E-state index is 0.0590. The molecule has 9 heteroatoms. The van der Waals surface area contributed by atoms with Crippen molar-refractivity contribution in [2.24, 2.45) is 5.92 Å². The van der Waals surface area contributed by atoms with Crippen molar-refractivity contribution in [3.8, 4) is 11.4 Å². The number of ether oxygens (including phenoxy) is 1. The molecule has 0 bridgehead atoms. The molecule has 7 nitrogen and oxygen atoms in total. The lowest BCUT2D eigenvalue weighted by atomic mass is 9.97. The summed E-state index contributed by atoms with van der Waals surface area (Å²) in [6, 6.07) is 14.0. The molecule has 1 N–H and O–H groups in total. The highest BCUT2D eigenvalue weighted by molar-refractivity contribution is 7.22. The fraction of sp³-hybridized carbons (Fsp3) is 0.320. The lowest BCUT2D eigenvalue weighted by Gasteiger charge is -2.31. The van der Waals surface area contributed by atoms with Crippen molar-refractivity contribution in [1.82, 2.24) is 20.1 Å². The molecule has 3 heterocycles. The van der Waals surface area contributed by atoms with Crippen LogP contribution in [0.5, 0.6) is 5.75 Å². The zero-order chi connectivity index (χ0) is 23.7. The van der Waals surface area contributed by atoms with E-state index in [0.29, 0.717) is 24.4 Å². The molecule has 1 fully saturated rings. The summed E-state index contributed by atoms with van der Waals surface area (Å²) >= 11 is 1.57. The van der Waals surface area contributed by atoms with E-state index in [4.69, 9.17) is 9.72 Å². The van der Waals surface area contributed by atoms with Crippen molar-refractivity contribution in [3.63, 3.8) is 0 Å². The quantitative estimate of drug-likeness (QED) is 0.442. The maximum Gasteiger partial charge on any atom is 0.225 e. The van der Waals surface area contributed by atoms with Crippen LogP contribution in [0.3, 0.4) is 0 Å². The number of piperidine rings is 1. The second-order valence-electron chi connectivity index (χ2n) is 8.48. The number of aryl methyl sites for hydroxylation is 1. The van der Waals surface area contributed by atoms with Crippen molar-refractivity contribution >= 4 is 32.7 Å². The fourth-order valence-corrected chi connectivity index (χ4v) is 5.31. The highest BCUT2D eigenvalue weighted by atomic mass is 32.1. The first kappa shape index (κ1) is 22.3. The van der Waals surface area contributed by atoms with E-state index in [9.17, 15) is 9.18 Å². The second kappa shape index (κ2) is 9.42. The normalized spacial score (nSPS) is 16.1. The first-order valence-electron chi connectivity index (χ1n) is 11.3. The van der Waals surface area contributed by atoms with Gasteiger partial charge in [0.1, 0.15) is 11.6 Å².